The van der Waals surface area contributed by atoms with Crippen molar-refractivity contribution in [2.24, 2.45) is 0 Å². The van der Waals surface area contributed by atoms with E-state index in [1.165, 1.54) is 32.4 Å². The first kappa shape index (κ1) is 22.4. The fourth-order valence-corrected chi connectivity index (χ4v) is 4.48. The van der Waals surface area contributed by atoms with E-state index in [1.807, 2.05) is 0 Å². The minimum absolute atomic E-state index is 0.00257. The number of methoxy groups -OCH3 is 1. The van der Waals surface area contributed by atoms with E-state index >= 15 is 0 Å². The molecule has 11 heteroatoms. The standard InChI is InChI=1S/C19H16BrClFN3O4S/c1-25(10-18(26)29-2)30(27,28)17-8-12(4-6-14(17)21)19-23-9-16(24-19)11-3-5-13(20)15(22)7-11/h3-9H,10H2,1-2H3,(H,23,24). The fraction of sp³-hybridized carbons (Fsp3) is 0.158. The summed E-state index contributed by atoms with van der Waals surface area (Å²) in [7, 11) is -1.64. The summed E-state index contributed by atoms with van der Waals surface area (Å²) in [6.45, 7) is -0.459. The van der Waals surface area contributed by atoms with Gasteiger partial charge in [-0.1, -0.05) is 17.7 Å². The third-order valence-electron chi connectivity index (χ3n) is 4.27. The van der Waals surface area contributed by atoms with Crippen LogP contribution in [0.5, 0.6) is 0 Å². The monoisotopic (exact) mass is 515 g/mol. The van der Waals surface area contributed by atoms with Gasteiger partial charge in [0.2, 0.25) is 10.0 Å². The minimum Gasteiger partial charge on any atom is -0.468 e. The second-order valence-corrected chi connectivity index (χ2v) is 9.52. The van der Waals surface area contributed by atoms with Gasteiger partial charge in [0.05, 0.1) is 22.3 Å². The predicted molar refractivity (Wildman–Crippen MR) is 114 cm³/mol. The van der Waals surface area contributed by atoms with Gasteiger partial charge in [-0.05, 0) is 46.3 Å². The van der Waals surface area contributed by atoms with E-state index in [0.29, 0.717) is 27.1 Å². The number of imidazole rings is 1. The van der Waals surface area contributed by atoms with Crippen molar-refractivity contribution in [3.8, 4) is 22.6 Å². The zero-order chi connectivity index (χ0) is 22.1. The quantitative estimate of drug-likeness (QED) is 0.498. The van der Waals surface area contributed by atoms with Crippen molar-refractivity contribution in [3.63, 3.8) is 0 Å². The molecule has 0 bridgehead atoms. The van der Waals surface area contributed by atoms with Crippen molar-refractivity contribution >= 4 is 43.5 Å². The number of nitrogens with one attached hydrogen (secondary N) is 1. The average molecular weight is 517 g/mol. The summed E-state index contributed by atoms with van der Waals surface area (Å²) < 4.78 is 45.2. The van der Waals surface area contributed by atoms with Gasteiger partial charge in [0, 0.05) is 24.4 Å². The molecular formula is C19H16BrClFN3O4S. The zero-order valence-electron chi connectivity index (χ0n) is 15.8. The Labute approximate surface area is 186 Å². The van der Waals surface area contributed by atoms with Crippen molar-refractivity contribution in [2.75, 3.05) is 20.7 Å². The van der Waals surface area contributed by atoms with Crippen molar-refractivity contribution in [3.05, 3.63) is 57.9 Å². The Bertz CT molecular complexity index is 1220. The minimum atomic E-state index is -4.06. The molecule has 3 aromatic rings. The molecule has 7 nitrogen and oxygen atoms in total. The van der Waals surface area contributed by atoms with E-state index in [4.69, 9.17) is 11.6 Å². The lowest BCUT2D eigenvalue weighted by atomic mass is 10.2. The Morgan fingerprint density at radius 3 is 2.63 bits per heavy atom. The summed E-state index contributed by atoms with van der Waals surface area (Å²) in [6.07, 6.45) is 1.59. The summed E-state index contributed by atoms with van der Waals surface area (Å²) >= 11 is 9.22. The number of H-pyrrole nitrogens is 1. The number of nitrogens with zero attached hydrogens (tertiary/aromatic N) is 2. The molecule has 1 heterocycles. The van der Waals surface area contributed by atoms with Crippen molar-refractivity contribution in [1.29, 1.82) is 0 Å². The first-order valence-electron chi connectivity index (χ1n) is 8.47. The molecular weight excluding hydrogens is 501 g/mol. The molecule has 30 heavy (non-hydrogen) atoms. The highest BCUT2D eigenvalue weighted by Crippen LogP contribution is 2.30. The van der Waals surface area contributed by atoms with E-state index in [9.17, 15) is 17.6 Å². The van der Waals surface area contributed by atoms with Crippen LogP contribution >= 0.6 is 27.5 Å². The number of carbonyl (C=O) groups excluding carboxylic acids is 1. The van der Waals surface area contributed by atoms with Crippen molar-refractivity contribution in [1.82, 2.24) is 14.3 Å². The Morgan fingerprint density at radius 1 is 1.27 bits per heavy atom. The van der Waals surface area contributed by atoms with Crippen LogP contribution in [0, 0.1) is 5.82 Å². The molecule has 3 rings (SSSR count). The van der Waals surface area contributed by atoms with Crippen molar-refractivity contribution in [2.45, 2.75) is 4.90 Å². The average Bonchev–Trinajstić information content (AvgIpc) is 3.20. The molecule has 0 amide bonds. The van der Waals surface area contributed by atoms with Gasteiger partial charge in [0.1, 0.15) is 23.1 Å². The summed E-state index contributed by atoms with van der Waals surface area (Å²) in [4.78, 5) is 18.6. The number of aromatic amines is 1. The first-order chi connectivity index (χ1) is 14.1. The van der Waals surface area contributed by atoms with Crippen LogP contribution in [0.4, 0.5) is 4.39 Å². The number of carbonyl (C=O) groups is 1. The van der Waals surface area contributed by atoms with E-state index in [-0.39, 0.29) is 9.92 Å². The number of benzene rings is 2. The third-order valence-corrected chi connectivity index (χ3v) is 7.19. The number of rotatable bonds is 6. The number of hydrogen-bond acceptors (Lipinski definition) is 5. The van der Waals surface area contributed by atoms with E-state index < -0.39 is 28.4 Å². The SMILES string of the molecule is COC(=O)CN(C)S(=O)(=O)c1cc(-c2nc(-c3ccc(Br)c(F)c3)c[nH]2)ccc1Cl. The van der Waals surface area contributed by atoms with Crippen LogP contribution in [0.3, 0.4) is 0 Å². The molecule has 0 unspecified atom stereocenters. The smallest absolute Gasteiger partial charge is 0.321 e. The van der Waals surface area contributed by atoms with Gasteiger partial charge in [-0.3, -0.25) is 4.79 Å². The molecule has 0 aliphatic heterocycles. The highest BCUT2D eigenvalue weighted by atomic mass is 79.9. The molecule has 158 valence electrons. The Balaban J connectivity index is 1.97. The number of ether oxygens (including phenoxy) is 1. The van der Waals surface area contributed by atoms with E-state index in [2.05, 4.69) is 30.6 Å². The number of halogens is 3. The van der Waals surface area contributed by atoms with Gasteiger partial charge in [-0.2, -0.15) is 4.31 Å². The van der Waals surface area contributed by atoms with E-state index in [0.717, 1.165) is 4.31 Å². The van der Waals surface area contributed by atoms with Crippen LogP contribution in [0.25, 0.3) is 22.6 Å². The van der Waals surface area contributed by atoms with E-state index in [1.54, 1.807) is 24.4 Å². The maximum absolute atomic E-state index is 13.8. The molecule has 1 aromatic heterocycles. The second-order valence-electron chi connectivity index (χ2n) is 6.25. The maximum atomic E-state index is 13.8. The lowest BCUT2D eigenvalue weighted by Gasteiger charge is -2.17. The lowest BCUT2D eigenvalue weighted by molar-refractivity contribution is -0.140. The van der Waals surface area contributed by atoms with Gasteiger partial charge >= 0.3 is 5.97 Å². The third kappa shape index (κ3) is 4.56. The molecule has 0 aliphatic rings. The normalized spacial score (nSPS) is 11.7. The van der Waals surface area contributed by atoms with Crippen LogP contribution < -0.4 is 0 Å². The van der Waals surface area contributed by atoms with Gasteiger partial charge in [0.15, 0.2) is 0 Å². The van der Waals surface area contributed by atoms with Crippen LogP contribution in [0.2, 0.25) is 5.02 Å². The Morgan fingerprint density at radius 2 is 1.97 bits per heavy atom. The van der Waals surface area contributed by atoms with Gasteiger partial charge in [-0.25, -0.2) is 17.8 Å². The number of likely N-dealkylation sites (N-methyl/N-ethyl adjacent to an activating group) is 1. The highest BCUT2D eigenvalue weighted by Gasteiger charge is 2.26. The summed E-state index contributed by atoms with van der Waals surface area (Å²) in [5.41, 5.74) is 1.49. The largest absolute Gasteiger partial charge is 0.468 e. The summed E-state index contributed by atoms with van der Waals surface area (Å²) in [5.74, 6) is -0.756. The molecule has 1 N–H and O–H groups in total. The zero-order valence-corrected chi connectivity index (χ0v) is 19.0. The van der Waals surface area contributed by atoms with Crippen molar-refractivity contribution < 1.29 is 22.3 Å². The molecule has 0 saturated heterocycles. The molecule has 0 radical (unpaired) electrons. The Hall–Kier alpha value is -2.27. The molecule has 0 saturated carbocycles. The van der Waals surface area contributed by atoms with Crippen LogP contribution in [-0.2, 0) is 19.6 Å². The number of esters is 1. The number of aromatic nitrogens is 2. The molecule has 0 aliphatic carbocycles. The maximum Gasteiger partial charge on any atom is 0.321 e. The topological polar surface area (TPSA) is 92.4 Å². The number of hydrogen-bond donors (Lipinski definition) is 1. The van der Waals surface area contributed by atoms with Gasteiger partial charge in [-0.15, -0.1) is 0 Å². The molecule has 0 spiro atoms. The fourth-order valence-electron chi connectivity index (χ4n) is 2.62. The summed E-state index contributed by atoms with van der Waals surface area (Å²) in [6, 6.07) is 9.00. The van der Waals surface area contributed by atoms with Crippen LogP contribution in [0.1, 0.15) is 0 Å². The molecule has 2 aromatic carbocycles. The summed E-state index contributed by atoms with van der Waals surface area (Å²) in [5, 5.41) is -0.00257. The second kappa shape index (κ2) is 8.84. The van der Waals surface area contributed by atoms with Gasteiger partial charge in [0.25, 0.3) is 0 Å². The Kier molecular flexibility index (Phi) is 6.61. The first-order valence-corrected chi connectivity index (χ1v) is 11.1. The highest BCUT2D eigenvalue weighted by molar-refractivity contribution is 9.10. The molecule has 0 fully saturated rings. The van der Waals surface area contributed by atoms with Crippen LogP contribution in [-0.4, -0.2) is 49.4 Å². The lowest BCUT2D eigenvalue weighted by Crippen LogP contribution is -2.32. The van der Waals surface area contributed by atoms with Crippen LogP contribution in [0.15, 0.2) is 52.0 Å². The number of sulfonamides is 1. The molecule has 0 atom stereocenters. The predicted octanol–water partition coefficient (Wildman–Crippen LogP) is 4.09. The van der Waals surface area contributed by atoms with Gasteiger partial charge < -0.3 is 9.72 Å².